The molecule has 0 saturated carbocycles. The molecule has 0 saturated heterocycles. The molecule has 1 heterocycles. The predicted molar refractivity (Wildman–Crippen MR) is 73.5 cm³/mol. The van der Waals surface area contributed by atoms with Crippen molar-refractivity contribution in [3.8, 4) is 0 Å². The minimum absolute atomic E-state index is 0.241. The molecule has 2 N–H and O–H groups in total. The summed E-state index contributed by atoms with van der Waals surface area (Å²) in [5.41, 5.74) is 9.55. The first-order chi connectivity index (χ1) is 8.54. The lowest BCUT2D eigenvalue weighted by atomic mass is 10.0. The maximum Gasteiger partial charge on any atom is 0.124 e. The fraction of sp³-hybridized carbons (Fsp3) is 0.357. The van der Waals surface area contributed by atoms with Gasteiger partial charge in [-0.2, -0.15) is 0 Å². The third kappa shape index (κ3) is 2.16. The number of benzene rings is 1. The number of halogens is 1. The number of hydrogen-bond acceptors (Lipinski definition) is 3. The highest BCUT2D eigenvalue weighted by molar-refractivity contribution is 5.93. The Morgan fingerprint density at radius 2 is 2.06 bits per heavy atom. The number of nitrogens with zero attached hydrogens (tertiary/aromatic N) is 2. The van der Waals surface area contributed by atoms with Crippen LogP contribution in [0, 0.1) is 12.7 Å². The van der Waals surface area contributed by atoms with E-state index in [-0.39, 0.29) is 5.82 Å². The maximum atomic E-state index is 13.4. The summed E-state index contributed by atoms with van der Waals surface area (Å²) in [6.45, 7) is 2.53. The van der Waals surface area contributed by atoms with Crippen molar-refractivity contribution in [3.05, 3.63) is 35.3 Å². The summed E-state index contributed by atoms with van der Waals surface area (Å²) in [6, 6.07) is 4.70. The molecule has 0 bridgehead atoms. The minimum Gasteiger partial charge on any atom is -0.377 e. The van der Waals surface area contributed by atoms with Gasteiger partial charge in [-0.1, -0.05) is 0 Å². The summed E-state index contributed by atoms with van der Waals surface area (Å²) in [5, 5.41) is 0.842. The average molecular weight is 247 g/mol. The van der Waals surface area contributed by atoms with Crippen LogP contribution in [0.25, 0.3) is 10.9 Å². The van der Waals surface area contributed by atoms with E-state index >= 15 is 0 Å². The second-order valence-corrected chi connectivity index (χ2v) is 4.62. The van der Waals surface area contributed by atoms with Crippen LogP contribution in [0.2, 0.25) is 0 Å². The molecule has 96 valence electrons. The van der Waals surface area contributed by atoms with E-state index in [4.69, 9.17) is 5.73 Å². The molecule has 0 aliphatic carbocycles. The largest absolute Gasteiger partial charge is 0.377 e. The molecule has 4 heteroatoms. The van der Waals surface area contributed by atoms with E-state index in [1.54, 1.807) is 6.07 Å². The number of hydrogen-bond donors (Lipinski definition) is 1. The van der Waals surface area contributed by atoms with Crippen molar-refractivity contribution >= 4 is 16.6 Å². The van der Waals surface area contributed by atoms with Gasteiger partial charge in [-0.25, -0.2) is 4.39 Å². The molecule has 2 rings (SSSR count). The van der Waals surface area contributed by atoms with E-state index in [2.05, 4.69) is 4.98 Å². The summed E-state index contributed by atoms with van der Waals surface area (Å²) in [4.78, 5) is 6.53. The first-order valence-electron chi connectivity index (χ1n) is 6.00. The first kappa shape index (κ1) is 12.8. The van der Waals surface area contributed by atoms with Gasteiger partial charge in [0.2, 0.25) is 0 Å². The van der Waals surface area contributed by atoms with Gasteiger partial charge < -0.3 is 10.6 Å². The fourth-order valence-corrected chi connectivity index (χ4v) is 2.33. The number of anilines is 1. The average Bonchev–Trinajstić information content (AvgIpc) is 2.30. The van der Waals surface area contributed by atoms with Crippen molar-refractivity contribution in [3.63, 3.8) is 0 Å². The summed E-state index contributed by atoms with van der Waals surface area (Å²) in [7, 11) is 3.91. The maximum absolute atomic E-state index is 13.4. The summed E-state index contributed by atoms with van der Waals surface area (Å²) >= 11 is 0. The van der Waals surface area contributed by atoms with Crippen molar-refractivity contribution in [1.82, 2.24) is 4.98 Å². The first-order valence-corrected chi connectivity index (χ1v) is 6.00. The standard InChI is InChI=1S/C14H18FN3/c1-9-11(6-7-16)14(18(2)3)12-8-10(15)4-5-13(12)17-9/h4-5,8H,6-7,16H2,1-3H3. The Morgan fingerprint density at radius 3 is 2.67 bits per heavy atom. The molecule has 0 fully saturated rings. The summed E-state index contributed by atoms with van der Waals surface area (Å²) < 4.78 is 13.4. The Labute approximate surface area is 106 Å². The van der Waals surface area contributed by atoms with Crippen molar-refractivity contribution in [1.29, 1.82) is 0 Å². The molecule has 0 radical (unpaired) electrons. The van der Waals surface area contributed by atoms with Crippen LogP contribution in [0.4, 0.5) is 10.1 Å². The van der Waals surface area contributed by atoms with Gasteiger partial charge in [0.15, 0.2) is 0 Å². The van der Waals surface area contributed by atoms with Gasteiger partial charge >= 0.3 is 0 Å². The fourth-order valence-electron chi connectivity index (χ4n) is 2.33. The molecule has 0 amide bonds. The zero-order valence-corrected chi connectivity index (χ0v) is 11.0. The van der Waals surface area contributed by atoms with Gasteiger partial charge in [-0.3, -0.25) is 4.98 Å². The summed E-state index contributed by atoms with van der Waals surface area (Å²) in [5.74, 6) is -0.241. The van der Waals surface area contributed by atoms with Gasteiger partial charge in [0, 0.05) is 25.2 Å². The van der Waals surface area contributed by atoms with Gasteiger partial charge in [-0.05, 0) is 43.7 Å². The molecule has 1 aromatic carbocycles. The van der Waals surface area contributed by atoms with Crippen molar-refractivity contribution in [2.45, 2.75) is 13.3 Å². The zero-order valence-electron chi connectivity index (χ0n) is 11.0. The molecule has 0 unspecified atom stereocenters. The number of nitrogens with two attached hydrogens (primary N) is 1. The van der Waals surface area contributed by atoms with Crippen molar-refractivity contribution in [2.24, 2.45) is 5.73 Å². The molecule has 0 atom stereocenters. The molecular formula is C14H18FN3. The van der Waals surface area contributed by atoms with Crippen LogP contribution in [-0.2, 0) is 6.42 Å². The van der Waals surface area contributed by atoms with Crippen LogP contribution in [0.5, 0.6) is 0 Å². The van der Waals surface area contributed by atoms with Gasteiger partial charge in [-0.15, -0.1) is 0 Å². The monoisotopic (exact) mass is 247 g/mol. The van der Waals surface area contributed by atoms with E-state index in [0.717, 1.165) is 34.3 Å². The van der Waals surface area contributed by atoms with Crippen LogP contribution in [-0.4, -0.2) is 25.6 Å². The number of aryl methyl sites for hydroxylation is 1. The van der Waals surface area contributed by atoms with Gasteiger partial charge in [0.25, 0.3) is 0 Å². The van der Waals surface area contributed by atoms with E-state index in [0.29, 0.717) is 6.54 Å². The number of fused-ring (bicyclic) bond motifs is 1. The topological polar surface area (TPSA) is 42.2 Å². The Morgan fingerprint density at radius 1 is 1.33 bits per heavy atom. The number of aromatic nitrogens is 1. The summed E-state index contributed by atoms with van der Waals surface area (Å²) in [6.07, 6.45) is 0.749. The molecule has 0 aliphatic heterocycles. The highest BCUT2D eigenvalue weighted by Gasteiger charge is 2.14. The van der Waals surface area contributed by atoms with E-state index in [1.807, 2.05) is 25.9 Å². The highest BCUT2D eigenvalue weighted by Crippen LogP contribution is 2.31. The Bertz CT molecular complexity index is 579. The minimum atomic E-state index is -0.241. The molecule has 0 spiro atoms. The van der Waals surface area contributed by atoms with Crippen LogP contribution >= 0.6 is 0 Å². The Kier molecular flexibility index (Phi) is 3.48. The molecule has 1 aromatic heterocycles. The number of rotatable bonds is 3. The van der Waals surface area contributed by atoms with Crippen LogP contribution in [0.1, 0.15) is 11.3 Å². The third-order valence-corrected chi connectivity index (χ3v) is 3.07. The highest BCUT2D eigenvalue weighted by atomic mass is 19.1. The normalized spacial score (nSPS) is 10.9. The Balaban J connectivity index is 2.82. The van der Waals surface area contributed by atoms with E-state index in [1.165, 1.54) is 12.1 Å². The van der Waals surface area contributed by atoms with Crippen LogP contribution < -0.4 is 10.6 Å². The molecule has 2 aromatic rings. The lowest BCUT2D eigenvalue weighted by Crippen LogP contribution is -2.16. The van der Waals surface area contributed by atoms with E-state index in [9.17, 15) is 4.39 Å². The molecule has 0 aliphatic rings. The zero-order chi connectivity index (χ0) is 13.3. The predicted octanol–water partition coefficient (Wildman–Crippen LogP) is 2.25. The quantitative estimate of drug-likeness (QED) is 0.904. The van der Waals surface area contributed by atoms with Gasteiger partial charge in [0.05, 0.1) is 11.2 Å². The van der Waals surface area contributed by atoms with Crippen molar-refractivity contribution in [2.75, 3.05) is 25.5 Å². The number of pyridine rings is 1. The second-order valence-electron chi connectivity index (χ2n) is 4.62. The Hall–Kier alpha value is -1.68. The van der Waals surface area contributed by atoms with Crippen molar-refractivity contribution < 1.29 is 4.39 Å². The smallest absolute Gasteiger partial charge is 0.124 e. The SMILES string of the molecule is Cc1nc2ccc(F)cc2c(N(C)C)c1CCN. The van der Waals surface area contributed by atoms with E-state index < -0.39 is 0 Å². The third-order valence-electron chi connectivity index (χ3n) is 3.07. The molecular weight excluding hydrogens is 229 g/mol. The van der Waals surface area contributed by atoms with Crippen LogP contribution in [0.15, 0.2) is 18.2 Å². The van der Waals surface area contributed by atoms with Crippen LogP contribution in [0.3, 0.4) is 0 Å². The van der Waals surface area contributed by atoms with Gasteiger partial charge in [0.1, 0.15) is 5.82 Å². The second kappa shape index (κ2) is 4.90. The lowest BCUT2D eigenvalue weighted by Gasteiger charge is -2.21. The lowest BCUT2D eigenvalue weighted by molar-refractivity contribution is 0.629. The molecule has 3 nitrogen and oxygen atoms in total. The molecule has 18 heavy (non-hydrogen) atoms.